The molecule has 2 heterocycles. The van der Waals surface area contributed by atoms with Crippen molar-refractivity contribution in [2.45, 2.75) is 29.7 Å². The quantitative estimate of drug-likeness (QED) is 0.781. The second-order valence-corrected chi connectivity index (χ2v) is 5.19. The van der Waals surface area contributed by atoms with Crippen LogP contribution in [-0.4, -0.2) is 40.6 Å². The number of nitrogens with zero attached hydrogens (tertiary/aromatic N) is 1. The molecule has 2 rings (SSSR count). The van der Waals surface area contributed by atoms with Crippen LogP contribution in [-0.2, 0) is 9.53 Å². The average Bonchev–Trinajstić information content (AvgIpc) is 2.57. The van der Waals surface area contributed by atoms with Gasteiger partial charge in [-0.25, -0.2) is 4.98 Å². The fourth-order valence-corrected chi connectivity index (χ4v) is 1.85. The Balaban J connectivity index is 2.40. The zero-order valence-electron chi connectivity index (χ0n) is 11.3. The van der Waals surface area contributed by atoms with E-state index in [4.69, 9.17) is 11.6 Å². The Kier molecular flexibility index (Phi) is 4.20. The van der Waals surface area contributed by atoms with Gasteiger partial charge in [-0.05, 0) is 12.1 Å². The maximum atomic E-state index is 13.9. The predicted molar refractivity (Wildman–Crippen MR) is 62.6 cm³/mol. The molecule has 1 fully saturated rings. The molecule has 140 valence electrons. The third-order valence-electron chi connectivity index (χ3n) is 3.09. The number of alkyl halides is 9. The molecule has 0 radical (unpaired) electrons. The van der Waals surface area contributed by atoms with Crippen molar-refractivity contribution < 1.29 is 49.0 Å². The summed E-state index contributed by atoms with van der Waals surface area (Å²) in [6.07, 6.45) is -5.50. The molecule has 0 aromatic carbocycles. The summed E-state index contributed by atoms with van der Waals surface area (Å²) < 4.78 is 122. The van der Waals surface area contributed by atoms with Crippen LogP contribution in [0.3, 0.4) is 0 Å². The molecule has 14 heteroatoms. The number of rotatable bonds is 3. The van der Waals surface area contributed by atoms with Gasteiger partial charge in [-0.3, -0.25) is 9.53 Å². The lowest BCUT2D eigenvalue weighted by molar-refractivity contribution is -0.366. The van der Waals surface area contributed by atoms with E-state index in [0.717, 1.165) is 23.6 Å². The average molecular weight is 403 g/mol. The van der Waals surface area contributed by atoms with Crippen molar-refractivity contribution in [1.82, 2.24) is 4.98 Å². The molecule has 1 unspecified atom stereocenters. The highest BCUT2D eigenvalue weighted by Crippen LogP contribution is 2.64. The first-order chi connectivity index (χ1) is 11.1. The van der Waals surface area contributed by atoms with Gasteiger partial charge in [0, 0.05) is 6.20 Å². The zero-order valence-corrected chi connectivity index (χ0v) is 12.0. The smallest absolute Gasteiger partial charge is 0.305 e. The molecule has 1 aliphatic heterocycles. The molecule has 1 aromatic heterocycles. The second-order valence-electron chi connectivity index (χ2n) is 4.75. The van der Waals surface area contributed by atoms with Crippen molar-refractivity contribution in [2.75, 3.05) is 5.32 Å². The van der Waals surface area contributed by atoms with Crippen LogP contribution in [0.25, 0.3) is 0 Å². The van der Waals surface area contributed by atoms with Gasteiger partial charge < -0.3 is 5.32 Å². The van der Waals surface area contributed by atoms with Crippen LogP contribution in [0, 0.1) is 0 Å². The number of carbonyl (C=O) groups is 1. The van der Waals surface area contributed by atoms with E-state index >= 15 is 0 Å². The minimum absolute atomic E-state index is 0.0448. The van der Waals surface area contributed by atoms with E-state index in [1.165, 1.54) is 0 Å². The number of anilines is 1. The number of hydrogen-bond acceptors (Lipinski definition) is 3. The third kappa shape index (κ3) is 2.51. The molecule has 1 amide bonds. The Morgan fingerprint density at radius 3 is 2.04 bits per heavy atom. The summed E-state index contributed by atoms with van der Waals surface area (Å²) in [7, 11) is 0. The normalized spacial score (nSPS) is 27.1. The van der Waals surface area contributed by atoms with Gasteiger partial charge in [0.05, 0.1) is 5.02 Å². The Hall–Kier alpha value is -1.76. The maximum Gasteiger partial charge on any atom is 0.428 e. The molecular formula is C11H4ClF9N2O2. The summed E-state index contributed by atoms with van der Waals surface area (Å²) in [4.78, 5) is 14.6. The van der Waals surface area contributed by atoms with Gasteiger partial charge in [0.2, 0.25) is 0 Å². The topological polar surface area (TPSA) is 51.2 Å². The molecule has 1 N–H and O–H groups in total. The van der Waals surface area contributed by atoms with E-state index < -0.39 is 41.5 Å². The largest absolute Gasteiger partial charge is 0.428 e. The first-order valence-electron chi connectivity index (χ1n) is 5.93. The van der Waals surface area contributed by atoms with Crippen LogP contribution >= 0.6 is 11.6 Å². The van der Waals surface area contributed by atoms with E-state index in [1.807, 2.05) is 0 Å². The van der Waals surface area contributed by atoms with E-state index in [9.17, 15) is 44.3 Å². The molecule has 1 aromatic rings. The maximum absolute atomic E-state index is 13.9. The Morgan fingerprint density at radius 1 is 1.08 bits per heavy atom. The lowest BCUT2D eigenvalue weighted by Gasteiger charge is -2.31. The molecule has 0 aliphatic carbocycles. The Bertz CT molecular complexity index is 697. The van der Waals surface area contributed by atoms with E-state index in [2.05, 4.69) is 9.72 Å². The Morgan fingerprint density at radius 2 is 1.64 bits per heavy atom. The van der Waals surface area contributed by atoms with E-state index in [1.54, 1.807) is 0 Å². The van der Waals surface area contributed by atoms with E-state index in [-0.39, 0.29) is 5.02 Å². The SMILES string of the molecule is O=C(Nc1ccc(Cl)cn1)C(F)(F)C1(F)OC(F)(F)C(F)(F)C1(F)F. The number of pyridine rings is 1. The molecule has 25 heavy (non-hydrogen) atoms. The molecular weight excluding hydrogens is 399 g/mol. The number of aromatic nitrogens is 1. The number of ether oxygens (including phenoxy) is 1. The second kappa shape index (κ2) is 5.37. The summed E-state index contributed by atoms with van der Waals surface area (Å²) in [6.45, 7) is 0. The van der Waals surface area contributed by atoms with Gasteiger partial charge in [-0.1, -0.05) is 11.6 Å². The fraction of sp³-hybridized carbons (Fsp3) is 0.455. The highest BCUT2D eigenvalue weighted by Gasteiger charge is 2.96. The van der Waals surface area contributed by atoms with E-state index in [0.29, 0.717) is 0 Å². The molecule has 1 saturated heterocycles. The number of nitrogens with one attached hydrogen (secondary N) is 1. The fourth-order valence-electron chi connectivity index (χ4n) is 1.74. The summed E-state index contributed by atoms with van der Waals surface area (Å²) in [5.41, 5.74) is 0. The van der Waals surface area contributed by atoms with Crippen molar-refractivity contribution in [3.8, 4) is 0 Å². The van der Waals surface area contributed by atoms with Crippen molar-refractivity contribution in [2.24, 2.45) is 0 Å². The summed E-state index contributed by atoms with van der Waals surface area (Å²) >= 11 is 5.39. The van der Waals surface area contributed by atoms with Crippen LogP contribution in [0.4, 0.5) is 45.3 Å². The number of hydrogen-bond donors (Lipinski definition) is 1. The molecule has 0 bridgehead atoms. The van der Waals surface area contributed by atoms with Crippen molar-refractivity contribution in [3.05, 3.63) is 23.4 Å². The minimum atomic E-state index is -6.74. The highest BCUT2D eigenvalue weighted by atomic mass is 35.5. The van der Waals surface area contributed by atoms with Crippen LogP contribution in [0.15, 0.2) is 18.3 Å². The van der Waals surface area contributed by atoms with Crippen LogP contribution < -0.4 is 5.32 Å². The standard InChI is InChI=1S/C11H4ClF9N2O2/c12-4-1-2-5(22-3-4)23-6(24)7(13,14)10(19)8(15,16)9(17,18)11(20,21)25-10/h1-3H,(H,22,23,24). The molecule has 0 spiro atoms. The van der Waals surface area contributed by atoms with Gasteiger partial charge in [0.1, 0.15) is 5.82 Å². The number of amides is 1. The number of carbonyl (C=O) groups excluding carboxylic acids is 1. The summed E-state index contributed by atoms with van der Waals surface area (Å²) in [6, 6.07) is 1.74. The highest BCUT2D eigenvalue weighted by molar-refractivity contribution is 6.30. The summed E-state index contributed by atoms with van der Waals surface area (Å²) in [5, 5.41) is 1.06. The van der Waals surface area contributed by atoms with Crippen molar-refractivity contribution >= 4 is 23.3 Å². The minimum Gasteiger partial charge on any atom is -0.305 e. The third-order valence-corrected chi connectivity index (χ3v) is 3.31. The van der Waals surface area contributed by atoms with Gasteiger partial charge in [0.25, 0.3) is 0 Å². The monoisotopic (exact) mass is 402 g/mol. The first kappa shape index (κ1) is 19.6. The van der Waals surface area contributed by atoms with Crippen LogP contribution in [0.2, 0.25) is 5.02 Å². The zero-order chi connectivity index (χ0) is 19.5. The lowest BCUT2D eigenvalue weighted by Crippen LogP contribution is -2.63. The molecule has 1 aliphatic rings. The van der Waals surface area contributed by atoms with Crippen LogP contribution in [0.5, 0.6) is 0 Å². The van der Waals surface area contributed by atoms with Crippen molar-refractivity contribution in [3.63, 3.8) is 0 Å². The lowest BCUT2D eigenvalue weighted by atomic mass is 9.99. The first-order valence-corrected chi connectivity index (χ1v) is 6.31. The molecule has 4 nitrogen and oxygen atoms in total. The van der Waals surface area contributed by atoms with Gasteiger partial charge in [-0.15, -0.1) is 0 Å². The van der Waals surface area contributed by atoms with Crippen LogP contribution in [0.1, 0.15) is 0 Å². The van der Waals surface area contributed by atoms with Crippen molar-refractivity contribution in [1.29, 1.82) is 0 Å². The van der Waals surface area contributed by atoms with Gasteiger partial charge in [-0.2, -0.15) is 39.5 Å². The Labute approximate surface area is 136 Å². The molecule has 1 atom stereocenters. The molecule has 0 saturated carbocycles. The van der Waals surface area contributed by atoms with Gasteiger partial charge in [0.15, 0.2) is 0 Å². The van der Waals surface area contributed by atoms with Gasteiger partial charge >= 0.3 is 35.6 Å². The number of halogens is 10. The predicted octanol–water partition coefficient (Wildman–Crippen LogP) is 3.87. The summed E-state index contributed by atoms with van der Waals surface area (Å²) in [5.74, 6) is -29.6.